The van der Waals surface area contributed by atoms with Crippen LogP contribution in [0.25, 0.3) is 0 Å². The predicted molar refractivity (Wildman–Crippen MR) is 101 cm³/mol. The molecule has 26 heavy (non-hydrogen) atoms. The Kier molecular flexibility index (Phi) is 5.32. The third-order valence-electron chi connectivity index (χ3n) is 6.72. The summed E-state index contributed by atoms with van der Waals surface area (Å²) in [6, 6.07) is 10.9. The van der Waals surface area contributed by atoms with E-state index in [-0.39, 0.29) is 11.5 Å². The third-order valence-corrected chi connectivity index (χ3v) is 6.72. The highest BCUT2D eigenvalue weighted by molar-refractivity contribution is 5.73. The van der Waals surface area contributed by atoms with Crippen molar-refractivity contribution in [2.75, 3.05) is 26.3 Å². The van der Waals surface area contributed by atoms with Gasteiger partial charge in [0, 0.05) is 33.2 Å². The van der Waals surface area contributed by atoms with Crippen molar-refractivity contribution in [1.29, 1.82) is 0 Å². The van der Waals surface area contributed by atoms with Crippen molar-refractivity contribution in [3.63, 3.8) is 0 Å². The van der Waals surface area contributed by atoms with Crippen LogP contribution in [-0.4, -0.2) is 48.8 Å². The monoisotopic (exact) mass is 357 g/mol. The van der Waals surface area contributed by atoms with E-state index < -0.39 is 0 Å². The minimum atomic E-state index is -0.0618. The summed E-state index contributed by atoms with van der Waals surface area (Å²) in [6.07, 6.45) is 6.69. The van der Waals surface area contributed by atoms with Gasteiger partial charge in [-0.05, 0) is 55.9 Å². The lowest BCUT2D eigenvalue weighted by molar-refractivity contribution is -0.184. The maximum absolute atomic E-state index is 11.7. The number of rotatable bonds is 2. The Morgan fingerprint density at radius 2 is 1.81 bits per heavy atom. The molecule has 4 nitrogen and oxygen atoms in total. The first-order valence-electron chi connectivity index (χ1n) is 10.2. The van der Waals surface area contributed by atoms with Crippen molar-refractivity contribution < 1.29 is 14.3 Å². The smallest absolute Gasteiger partial charge is 0.219 e. The topological polar surface area (TPSA) is 38.8 Å². The van der Waals surface area contributed by atoms with E-state index in [1.54, 1.807) is 6.92 Å². The molecule has 1 amide bonds. The van der Waals surface area contributed by atoms with Gasteiger partial charge in [0.15, 0.2) is 0 Å². The first kappa shape index (κ1) is 18.0. The zero-order valence-corrected chi connectivity index (χ0v) is 15.9. The Balaban J connectivity index is 1.54. The van der Waals surface area contributed by atoms with Gasteiger partial charge in [0.1, 0.15) is 0 Å². The number of hydrogen-bond acceptors (Lipinski definition) is 3. The SMILES string of the molecule is CC(=O)N1CCC2(CC1)C[C@H](c1ccccc1)C[C@H](C1CCOCC1)O2. The largest absolute Gasteiger partial charge is 0.381 e. The van der Waals surface area contributed by atoms with Crippen LogP contribution in [0, 0.1) is 5.92 Å². The van der Waals surface area contributed by atoms with E-state index in [4.69, 9.17) is 9.47 Å². The molecule has 3 saturated heterocycles. The molecule has 0 saturated carbocycles. The van der Waals surface area contributed by atoms with Gasteiger partial charge in [0.25, 0.3) is 0 Å². The molecule has 1 aromatic rings. The highest BCUT2D eigenvalue weighted by atomic mass is 16.5. The van der Waals surface area contributed by atoms with E-state index in [0.29, 0.717) is 17.9 Å². The van der Waals surface area contributed by atoms with Crippen LogP contribution in [0.4, 0.5) is 0 Å². The van der Waals surface area contributed by atoms with E-state index in [0.717, 1.165) is 64.8 Å². The van der Waals surface area contributed by atoms with Crippen LogP contribution < -0.4 is 0 Å². The quantitative estimate of drug-likeness (QED) is 0.809. The lowest BCUT2D eigenvalue weighted by Gasteiger charge is -2.51. The highest BCUT2D eigenvalue weighted by Gasteiger charge is 2.46. The number of hydrogen-bond donors (Lipinski definition) is 0. The Morgan fingerprint density at radius 1 is 1.12 bits per heavy atom. The normalized spacial score (nSPS) is 29.7. The van der Waals surface area contributed by atoms with Crippen molar-refractivity contribution in [3.8, 4) is 0 Å². The van der Waals surface area contributed by atoms with E-state index in [1.807, 2.05) is 4.90 Å². The van der Waals surface area contributed by atoms with Crippen molar-refractivity contribution in [2.45, 2.75) is 63.1 Å². The summed E-state index contributed by atoms with van der Waals surface area (Å²) >= 11 is 0. The molecule has 0 aromatic heterocycles. The minimum absolute atomic E-state index is 0.0618. The van der Waals surface area contributed by atoms with Gasteiger partial charge in [-0.3, -0.25) is 4.79 Å². The van der Waals surface area contributed by atoms with Gasteiger partial charge < -0.3 is 14.4 Å². The number of amides is 1. The second-order valence-corrected chi connectivity index (χ2v) is 8.34. The van der Waals surface area contributed by atoms with E-state index in [2.05, 4.69) is 30.3 Å². The maximum Gasteiger partial charge on any atom is 0.219 e. The summed E-state index contributed by atoms with van der Waals surface area (Å²) in [6.45, 7) is 5.07. The molecular formula is C22H31NO3. The number of nitrogens with zero attached hydrogens (tertiary/aromatic N) is 1. The third kappa shape index (κ3) is 3.81. The first-order valence-corrected chi connectivity index (χ1v) is 10.2. The molecule has 0 N–H and O–H groups in total. The molecule has 0 bridgehead atoms. The molecule has 0 aliphatic carbocycles. The number of piperidine rings is 1. The summed E-state index contributed by atoms with van der Waals surface area (Å²) in [5.74, 6) is 1.36. The summed E-state index contributed by atoms with van der Waals surface area (Å²) in [5, 5.41) is 0. The van der Waals surface area contributed by atoms with Crippen LogP contribution in [0.5, 0.6) is 0 Å². The molecule has 2 atom stereocenters. The fourth-order valence-corrected chi connectivity index (χ4v) is 5.14. The van der Waals surface area contributed by atoms with Crippen molar-refractivity contribution in [3.05, 3.63) is 35.9 Å². The molecule has 3 aliphatic heterocycles. The Hall–Kier alpha value is -1.39. The first-order chi connectivity index (χ1) is 12.7. The van der Waals surface area contributed by atoms with E-state index in [9.17, 15) is 4.79 Å². The average molecular weight is 357 g/mol. The number of benzene rings is 1. The second-order valence-electron chi connectivity index (χ2n) is 8.34. The lowest BCUT2D eigenvalue weighted by Crippen LogP contribution is -2.53. The van der Waals surface area contributed by atoms with Crippen LogP contribution in [-0.2, 0) is 14.3 Å². The molecule has 1 spiro atoms. The van der Waals surface area contributed by atoms with Crippen LogP contribution in [0.2, 0.25) is 0 Å². The van der Waals surface area contributed by atoms with Gasteiger partial charge in [-0.25, -0.2) is 0 Å². The zero-order valence-electron chi connectivity index (χ0n) is 15.9. The van der Waals surface area contributed by atoms with Crippen molar-refractivity contribution in [2.24, 2.45) is 5.92 Å². The van der Waals surface area contributed by atoms with Gasteiger partial charge in [-0.15, -0.1) is 0 Å². The van der Waals surface area contributed by atoms with Crippen LogP contribution in [0.15, 0.2) is 30.3 Å². The molecule has 4 heteroatoms. The van der Waals surface area contributed by atoms with Gasteiger partial charge in [-0.2, -0.15) is 0 Å². The standard InChI is InChI=1S/C22H31NO3/c1-17(24)23-11-9-22(10-12-23)16-20(18-5-3-2-4-6-18)15-21(26-22)19-7-13-25-14-8-19/h2-6,19-21H,7-16H2,1H3/t20-,21-/m1/s1. The number of likely N-dealkylation sites (tertiary alicyclic amines) is 1. The lowest BCUT2D eigenvalue weighted by atomic mass is 9.73. The zero-order chi connectivity index (χ0) is 18.0. The van der Waals surface area contributed by atoms with Crippen molar-refractivity contribution in [1.82, 2.24) is 4.90 Å². The van der Waals surface area contributed by atoms with Crippen LogP contribution in [0.1, 0.15) is 56.9 Å². The van der Waals surface area contributed by atoms with Crippen LogP contribution in [0.3, 0.4) is 0 Å². The fraction of sp³-hybridized carbons (Fsp3) is 0.682. The maximum atomic E-state index is 11.7. The van der Waals surface area contributed by atoms with Crippen LogP contribution >= 0.6 is 0 Å². The fourth-order valence-electron chi connectivity index (χ4n) is 5.14. The molecule has 0 unspecified atom stereocenters. The molecule has 4 rings (SSSR count). The molecule has 3 fully saturated rings. The molecular weight excluding hydrogens is 326 g/mol. The Bertz CT molecular complexity index is 603. The van der Waals surface area contributed by atoms with Gasteiger partial charge >= 0.3 is 0 Å². The molecule has 1 aromatic carbocycles. The number of ether oxygens (including phenoxy) is 2. The van der Waals surface area contributed by atoms with E-state index in [1.165, 1.54) is 5.56 Å². The summed E-state index contributed by atoms with van der Waals surface area (Å²) < 4.78 is 12.4. The average Bonchev–Trinajstić information content (AvgIpc) is 2.69. The number of carbonyl (C=O) groups is 1. The Morgan fingerprint density at radius 3 is 2.46 bits per heavy atom. The van der Waals surface area contributed by atoms with E-state index >= 15 is 0 Å². The highest BCUT2D eigenvalue weighted by Crippen LogP contribution is 2.46. The second kappa shape index (κ2) is 7.69. The van der Waals surface area contributed by atoms with Crippen molar-refractivity contribution >= 4 is 5.91 Å². The van der Waals surface area contributed by atoms with Gasteiger partial charge in [0.2, 0.25) is 5.91 Å². The summed E-state index contributed by atoms with van der Waals surface area (Å²) in [7, 11) is 0. The number of carbonyl (C=O) groups excluding carboxylic acids is 1. The predicted octanol–water partition coefficient (Wildman–Crippen LogP) is 3.76. The molecule has 142 valence electrons. The van der Waals surface area contributed by atoms with Gasteiger partial charge in [0.05, 0.1) is 11.7 Å². The summed E-state index contributed by atoms with van der Waals surface area (Å²) in [5.41, 5.74) is 1.38. The summed E-state index contributed by atoms with van der Waals surface area (Å²) in [4.78, 5) is 13.7. The molecule has 3 heterocycles. The molecule has 3 aliphatic rings. The molecule has 0 radical (unpaired) electrons. The minimum Gasteiger partial charge on any atom is -0.381 e. The Labute approximate surface area is 156 Å². The van der Waals surface area contributed by atoms with Gasteiger partial charge in [-0.1, -0.05) is 30.3 Å².